The lowest BCUT2D eigenvalue weighted by molar-refractivity contribution is -0.117. The molecule has 8 nitrogen and oxygen atoms in total. The summed E-state index contributed by atoms with van der Waals surface area (Å²) in [5, 5.41) is 7.42. The van der Waals surface area contributed by atoms with Crippen LogP contribution < -0.4 is 5.32 Å². The Bertz CT molecular complexity index is 624. The third kappa shape index (κ3) is 2.79. The number of amides is 1. The van der Waals surface area contributed by atoms with Crippen LogP contribution in [0.3, 0.4) is 0 Å². The molecule has 3 heterocycles. The van der Waals surface area contributed by atoms with Gasteiger partial charge in [-0.1, -0.05) is 5.16 Å². The topological polar surface area (TPSA) is 92.9 Å². The van der Waals surface area contributed by atoms with Crippen LogP contribution in [0.15, 0.2) is 20.1 Å². The van der Waals surface area contributed by atoms with Crippen LogP contribution in [0.4, 0.5) is 0 Å². The highest BCUT2D eigenvalue weighted by Crippen LogP contribution is 2.36. The lowest BCUT2D eigenvalue weighted by Crippen LogP contribution is -2.24. The molecular weight excluding hydrogens is 294 g/mol. The van der Waals surface area contributed by atoms with Crippen molar-refractivity contribution in [2.45, 2.75) is 20.1 Å². The van der Waals surface area contributed by atoms with Gasteiger partial charge >= 0.3 is 0 Å². The van der Waals surface area contributed by atoms with Gasteiger partial charge < -0.3 is 19.5 Å². The maximum absolute atomic E-state index is 12.2. The highest BCUT2D eigenvalue weighted by molar-refractivity contribution is 8.18. The number of allylic oxidation sites excluding steroid dienone is 1. The second-order valence-corrected chi connectivity index (χ2v) is 5.53. The summed E-state index contributed by atoms with van der Waals surface area (Å²) < 4.78 is 9.92. The fraction of sp³-hybridized carbons (Fsp3) is 0.500. The fourth-order valence-corrected chi connectivity index (χ4v) is 3.21. The van der Waals surface area contributed by atoms with E-state index in [-0.39, 0.29) is 19.1 Å². The summed E-state index contributed by atoms with van der Waals surface area (Å²) >= 11 is 1.40. The minimum absolute atomic E-state index is 0.152. The van der Waals surface area contributed by atoms with E-state index in [0.717, 1.165) is 24.0 Å². The Morgan fingerprint density at radius 1 is 1.57 bits per heavy atom. The summed E-state index contributed by atoms with van der Waals surface area (Å²) in [5.41, 5.74) is 0.944. The molecule has 1 amide bonds. The van der Waals surface area contributed by atoms with E-state index in [1.807, 2.05) is 6.92 Å². The third-order valence-corrected chi connectivity index (χ3v) is 4.34. The van der Waals surface area contributed by atoms with Crippen molar-refractivity contribution in [3.8, 4) is 0 Å². The van der Waals surface area contributed by atoms with Crippen LogP contribution in [0.5, 0.6) is 0 Å². The second kappa shape index (κ2) is 5.86. The number of nitrogens with zero attached hydrogens (tertiary/aromatic N) is 4. The van der Waals surface area contributed by atoms with Gasteiger partial charge in [-0.15, -0.1) is 0 Å². The van der Waals surface area contributed by atoms with E-state index in [9.17, 15) is 4.79 Å². The molecule has 112 valence electrons. The number of amidine groups is 1. The van der Waals surface area contributed by atoms with Gasteiger partial charge in [-0.3, -0.25) is 9.79 Å². The molecule has 0 saturated heterocycles. The molecule has 9 heteroatoms. The van der Waals surface area contributed by atoms with Gasteiger partial charge in [0.25, 0.3) is 5.91 Å². The molecule has 1 aromatic heterocycles. The highest BCUT2D eigenvalue weighted by Gasteiger charge is 2.32. The number of fused-ring (bicyclic) bond motifs is 1. The molecule has 1 aromatic rings. The van der Waals surface area contributed by atoms with E-state index in [2.05, 4.69) is 25.3 Å². The molecule has 0 radical (unpaired) electrons. The summed E-state index contributed by atoms with van der Waals surface area (Å²) in [6, 6.07) is 0. The Morgan fingerprint density at radius 2 is 2.43 bits per heavy atom. The molecule has 0 fully saturated rings. The van der Waals surface area contributed by atoms with Gasteiger partial charge in [0.15, 0.2) is 11.0 Å². The zero-order valence-electron chi connectivity index (χ0n) is 11.8. The van der Waals surface area contributed by atoms with E-state index < -0.39 is 0 Å². The number of aliphatic imine (C=N–C) groups is 1. The number of hydrogen-bond donors (Lipinski definition) is 1. The van der Waals surface area contributed by atoms with E-state index in [0.29, 0.717) is 16.6 Å². The first kappa shape index (κ1) is 14.1. The van der Waals surface area contributed by atoms with Crippen molar-refractivity contribution in [1.82, 2.24) is 20.4 Å². The molecule has 21 heavy (non-hydrogen) atoms. The molecule has 0 spiro atoms. The third-order valence-electron chi connectivity index (χ3n) is 3.12. The predicted octanol–water partition coefficient (Wildman–Crippen LogP) is 0.482. The molecule has 0 aromatic carbocycles. The molecule has 1 N–H and O–H groups in total. The molecular formula is C12H15N5O3S. The predicted molar refractivity (Wildman–Crippen MR) is 76.2 cm³/mol. The van der Waals surface area contributed by atoms with Gasteiger partial charge in [-0.2, -0.15) is 4.98 Å². The fourth-order valence-electron chi connectivity index (χ4n) is 2.11. The number of ether oxygens (including phenoxy) is 1. The van der Waals surface area contributed by atoms with Crippen LogP contribution >= 0.6 is 11.8 Å². The molecule has 2 aliphatic rings. The van der Waals surface area contributed by atoms with Crippen LogP contribution in [0.25, 0.3) is 0 Å². The second-order valence-electron chi connectivity index (χ2n) is 4.55. The minimum Gasteiger partial charge on any atom is -0.377 e. The number of aromatic nitrogens is 2. The number of hydrogen-bond acceptors (Lipinski definition) is 8. The summed E-state index contributed by atoms with van der Waals surface area (Å²) in [5.74, 6) is 0.665. The molecule has 2 aliphatic heterocycles. The number of rotatable bonds is 5. The van der Waals surface area contributed by atoms with Gasteiger partial charge in [-0.25, -0.2) is 0 Å². The average molecular weight is 309 g/mol. The number of carbonyl (C=O) groups excluding carboxylic acids is 1. The largest absolute Gasteiger partial charge is 0.377 e. The number of methoxy groups -OCH3 is 1. The number of nitrogens with one attached hydrogen (secondary N) is 1. The van der Waals surface area contributed by atoms with Crippen molar-refractivity contribution in [2.24, 2.45) is 4.99 Å². The minimum atomic E-state index is -0.152. The Morgan fingerprint density at radius 3 is 3.19 bits per heavy atom. The van der Waals surface area contributed by atoms with Crippen LogP contribution in [-0.4, -0.2) is 46.3 Å². The van der Waals surface area contributed by atoms with Crippen molar-refractivity contribution < 1.29 is 14.1 Å². The first-order valence-electron chi connectivity index (χ1n) is 6.48. The highest BCUT2D eigenvalue weighted by atomic mass is 32.2. The van der Waals surface area contributed by atoms with Crippen molar-refractivity contribution >= 4 is 22.8 Å². The van der Waals surface area contributed by atoms with Crippen molar-refractivity contribution in [2.75, 3.05) is 20.2 Å². The van der Waals surface area contributed by atoms with E-state index in [1.54, 1.807) is 7.11 Å². The van der Waals surface area contributed by atoms with Crippen molar-refractivity contribution in [3.05, 3.63) is 22.3 Å². The molecule has 3 rings (SSSR count). The first-order chi connectivity index (χ1) is 10.2. The van der Waals surface area contributed by atoms with E-state index in [4.69, 9.17) is 9.26 Å². The summed E-state index contributed by atoms with van der Waals surface area (Å²) in [6.07, 6.45) is 0. The maximum Gasteiger partial charge on any atom is 0.260 e. The average Bonchev–Trinajstić information content (AvgIpc) is 3.15. The lowest BCUT2D eigenvalue weighted by atomic mass is 10.3. The zero-order chi connectivity index (χ0) is 14.8. The van der Waals surface area contributed by atoms with Crippen LogP contribution in [0.1, 0.15) is 18.6 Å². The normalized spacial score (nSPS) is 17.2. The smallest absolute Gasteiger partial charge is 0.260 e. The number of thioether (sulfide) groups is 1. The Kier molecular flexibility index (Phi) is 3.93. The molecule has 0 bridgehead atoms. The monoisotopic (exact) mass is 309 g/mol. The Hall–Kier alpha value is -1.87. The Labute approximate surface area is 125 Å². The maximum atomic E-state index is 12.2. The standard InChI is InChI=1S/C12H15N5O3S/c1-7-10(21-12-13-3-4-17(7)12)11(18)14-5-9-15-8(6-19-2)16-20-9/h3-6H2,1-2H3,(H,14,18). The van der Waals surface area contributed by atoms with E-state index >= 15 is 0 Å². The van der Waals surface area contributed by atoms with Gasteiger partial charge in [-0.05, 0) is 18.7 Å². The van der Waals surface area contributed by atoms with Crippen LogP contribution in [0.2, 0.25) is 0 Å². The van der Waals surface area contributed by atoms with E-state index in [1.165, 1.54) is 11.8 Å². The van der Waals surface area contributed by atoms with Crippen molar-refractivity contribution in [1.29, 1.82) is 0 Å². The lowest BCUT2D eigenvalue weighted by Gasteiger charge is -2.11. The summed E-state index contributed by atoms with van der Waals surface area (Å²) in [4.78, 5) is 23.4. The van der Waals surface area contributed by atoms with Crippen molar-refractivity contribution in [3.63, 3.8) is 0 Å². The first-order valence-corrected chi connectivity index (χ1v) is 7.30. The van der Waals surface area contributed by atoms with Gasteiger partial charge in [0, 0.05) is 19.4 Å². The number of carbonyl (C=O) groups is 1. The quantitative estimate of drug-likeness (QED) is 0.845. The molecule has 0 atom stereocenters. The molecule has 0 saturated carbocycles. The Balaban J connectivity index is 1.59. The zero-order valence-corrected chi connectivity index (χ0v) is 12.6. The van der Waals surface area contributed by atoms with Crippen LogP contribution in [-0.2, 0) is 22.7 Å². The molecule has 0 unspecified atom stereocenters. The van der Waals surface area contributed by atoms with Gasteiger partial charge in [0.2, 0.25) is 5.89 Å². The summed E-state index contributed by atoms with van der Waals surface area (Å²) in [7, 11) is 1.55. The van der Waals surface area contributed by atoms with Gasteiger partial charge in [0.05, 0.1) is 18.0 Å². The SMILES string of the molecule is COCc1noc(CNC(=O)C2=C(C)N3CCN=C3S2)n1. The van der Waals surface area contributed by atoms with Crippen LogP contribution in [0, 0.1) is 0 Å². The summed E-state index contributed by atoms with van der Waals surface area (Å²) in [6.45, 7) is 4.04. The molecule has 0 aliphatic carbocycles. The van der Waals surface area contributed by atoms with Gasteiger partial charge in [0.1, 0.15) is 6.61 Å².